The number of halogens is 3. The number of imide groups is 1. The molecule has 0 saturated carbocycles. The van der Waals surface area contributed by atoms with E-state index in [1.165, 1.54) is 0 Å². The van der Waals surface area contributed by atoms with Crippen molar-refractivity contribution in [2.45, 2.75) is 30.7 Å². The highest BCUT2D eigenvalue weighted by Crippen LogP contribution is 2.31. The van der Waals surface area contributed by atoms with Gasteiger partial charge in [0.2, 0.25) is 5.91 Å². The first kappa shape index (κ1) is 27.4. The molecule has 1 saturated heterocycles. The number of thioether (sulfide) groups is 1. The molecule has 35 heavy (non-hydrogen) atoms. The molecule has 1 aliphatic heterocycles. The van der Waals surface area contributed by atoms with Crippen molar-refractivity contribution in [1.82, 2.24) is 10.6 Å². The van der Waals surface area contributed by atoms with Gasteiger partial charge < -0.3 is 4.74 Å². The van der Waals surface area contributed by atoms with Crippen LogP contribution in [0.1, 0.15) is 41.3 Å². The molecule has 9 heteroatoms. The van der Waals surface area contributed by atoms with Crippen LogP contribution in [0.15, 0.2) is 66.7 Å². The van der Waals surface area contributed by atoms with Crippen LogP contribution in [-0.4, -0.2) is 23.5 Å². The Morgan fingerprint density at radius 2 is 1.69 bits per heavy atom. The highest BCUT2D eigenvalue weighted by atomic mass is 35.5. The third-order valence-corrected chi connectivity index (χ3v) is 7.50. The molecular formula is C26H25Cl3N2O3S. The minimum atomic E-state index is -0.412. The molecule has 0 bridgehead atoms. The third kappa shape index (κ3) is 6.72. The van der Waals surface area contributed by atoms with Crippen LogP contribution >= 0.6 is 47.4 Å². The standard InChI is InChI=1S/C26H24Cl2N2O3S.ClH/c1-15(18-8-11-21(27)22(28)14-18)29-24(17-6-9-20(33-2)10-7-17)19-5-3-4-16(12-19)13-23-25(31)30-26(32)34-23;/h3-12,14-15,23-24,29H,13H2,1-2H3,(H,30,31,32);1H. The first-order valence-corrected chi connectivity index (χ1v) is 12.4. The zero-order valence-corrected chi connectivity index (χ0v) is 22.2. The van der Waals surface area contributed by atoms with Gasteiger partial charge in [0.1, 0.15) is 5.75 Å². The highest BCUT2D eigenvalue weighted by Gasteiger charge is 2.31. The van der Waals surface area contributed by atoms with E-state index in [9.17, 15) is 9.59 Å². The Hall–Kier alpha value is -2.22. The van der Waals surface area contributed by atoms with Gasteiger partial charge in [0, 0.05) is 6.04 Å². The zero-order chi connectivity index (χ0) is 24.2. The van der Waals surface area contributed by atoms with E-state index in [0.717, 1.165) is 39.8 Å². The molecule has 3 aromatic rings. The van der Waals surface area contributed by atoms with Crippen molar-refractivity contribution < 1.29 is 14.3 Å². The molecule has 4 rings (SSSR count). The minimum absolute atomic E-state index is 0. The Labute approximate surface area is 225 Å². The van der Waals surface area contributed by atoms with Crippen molar-refractivity contribution in [3.8, 4) is 5.75 Å². The van der Waals surface area contributed by atoms with E-state index in [0.29, 0.717) is 16.5 Å². The summed E-state index contributed by atoms with van der Waals surface area (Å²) in [6, 6.07) is 21.5. The minimum Gasteiger partial charge on any atom is -0.497 e. The number of nitrogens with one attached hydrogen (secondary N) is 2. The summed E-state index contributed by atoms with van der Waals surface area (Å²) in [7, 11) is 1.64. The lowest BCUT2D eigenvalue weighted by atomic mass is 9.94. The van der Waals surface area contributed by atoms with Crippen LogP contribution in [0.25, 0.3) is 0 Å². The smallest absolute Gasteiger partial charge is 0.286 e. The van der Waals surface area contributed by atoms with Gasteiger partial charge in [-0.05, 0) is 59.9 Å². The largest absolute Gasteiger partial charge is 0.497 e. The summed E-state index contributed by atoms with van der Waals surface area (Å²) in [6.45, 7) is 2.07. The van der Waals surface area contributed by atoms with Gasteiger partial charge in [0.15, 0.2) is 0 Å². The highest BCUT2D eigenvalue weighted by molar-refractivity contribution is 8.15. The van der Waals surface area contributed by atoms with E-state index in [4.69, 9.17) is 27.9 Å². The van der Waals surface area contributed by atoms with Gasteiger partial charge in [-0.1, -0.05) is 77.4 Å². The van der Waals surface area contributed by atoms with E-state index in [2.05, 4.69) is 29.7 Å². The van der Waals surface area contributed by atoms with Gasteiger partial charge in [-0.15, -0.1) is 12.4 Å². The third-order valence-electron chi connectivity index (χ3n) is 5.78. The van der Waals surface area contributed by atoms with Crippen molar-refractivity contribution in [3.63, 3.8) is 0 Å². The maximum atomic E-state index is 12.0. The van der Waals surface area contributed by atoms with Gasteiger partial charge in [0.05, 0.1) is 28.4 Å². The second kappa shape index (κ2) is 12.2. The number of benzene rings is 3. The molecule has 0 spiro atoms. The summed E-state index contributed by atoms with van der Waals surface area (Å²) in [4.78, 5) is 23.6. The van der Waals surface area contributed by atoms with Crippen LogP contribution in [-0.2, 0) is 11.2 Å². The molecule has 1 aliphatic rings. The number of methoxy groups -OCH3 is 1. The van der Waals surface area contributed by atoms with Crippen LogP contribution < -0.4 is 15.4 Å². The Balaban J connectivity index is 0.00000342. The van der Waals surface area contributed by atoms with Gasteiger partial charge >= 0.3 is 0 Å². The Bertz CT molecular complexity index is 1210. The van der Waals surface area contributed by atoms with Crippen LogP contribution in [0.2, 0.25) is 10.0 Å². The molecular weight excluding hydrogens is 527 g/mol. The number of hydrogen-bond donors (Lipinski definition) is 2. The molecule has 1 fully saturated rings. The molecule has 1 heterocycles. The fourth-order valence-electron chi connectivity index (χ4n) is 3.95. The lowest BCUT2D eigenvalue weighted by Gasteiger charge is -2.26. The fourth-order valence-corrected chi connectivity index (χ4v) is 5.12. The van der Waals surface area contributed by atoms with E-state index in [-0.39, 0.29) is 35.6 Å². The molecule has 2 N–H and O–H groups in total. The molecule has 184 valence electrons. The SMILES string of the molecule is COc1ccc(C(NC(C)c2ccc(Cl)c(Cl)c2)c2cccc(CC3SC(=O)NC3=O)c2)cc1.Cl. The summed E-state index contributed by atoms with van der Waals surface area (Å²) >= 11 is 13.4. The lowest BCUT2D eigenvalue weighted by molar-refractivity contribution is -0.118. The monoisotopic (exact) mass is 550 g/mol. The Kier molecular flexibility index (Phi) is 9.50. The van der Waals surface area contributed by atoms with Gasteiger partial charge in [-0.2, -0.15) is 0 Å². The first-order valence-electron chi connectivity index (χ1n) is 10.8. The van der Waals surface area contributed by atoms with Crippen LogP contribution in [0.3, 0.4) is 0 Å². The van der Waals surface area contributed by atoms with Gasteiger partial charge in [-0.25, -0.2) is 0 Å². The lowest BCUT2D eigenvalue weighted by Crippen LogP contribution is -2.26. The molecule has 5 nitrogen and oxygen atoms in total. The summed E-state index contributed by atoms with van der Waals surface area (Å²) in [6.07, 6.45) is 0.480. The summed E-state index contributed by atoms with van der Waals surface area (Å²) in [5, 5.41) is 6.39. The predicted octanol–water partition coefficient (Wildman–Crippen LogP) is 6.76. The van der Waals surface area contributed by atoms with Crippen LogP contribution in [0.4, 0.5) is 4.79 Å². The molecule has 3 aromatic carbocycles. The molecule has 0 aromatic heterocycles. The van der Waals surface area contributed by atoms with Crippen molar-refractivity contribution in [2.75, 3.05) is 7.11 Å². The topological polar surface area (TPSA) is 67.4 Å². The number of carbonyl (C=O) groups is 2. The summed E-state index contributed by atoms with van der Waals surface area (Å²) < 4.78 is 5.33. The average Bonchev–Trinajstić information content (AvgIpc) is 3.15. The second-order valence-corrected chi connectivity index (χ2v) is 10.1. The van der Waals surface area contributed by atoms with Crippen molar-refractivity contribution in [1.29, 1.82) is 0 Å². The number of hydrogen-bond acceptors (Lipinski definition) is 5. The van der Waals surface area contributed by atoms with Crippen molar-refractivity contribution in [2.24, 2.45) is 0 Å². The molecule has 3 atom stereocenters. The number of amides is 2. The normalized spacial score (nSPS) is 16.9. The van der Waals surface area contributed by atoms with E-state index in [1.54, 1.807) is 13.2 Å². The van der Waals surface area contributed by atoms with Crippen molar-refractivity contribution in [3.05, 3.63) is 99.0 Å². The quantitative estimate of drug-likeness (QED) is 0.324. The molecule has 3 unspecified atom stereocenters. The maximum Gasteiger partial charge on any atom is 0.286 e. The second-order valence-electron chi connectivity index (χ2n) is 8.10. The number of ether oxygens (including phenoxy) is 1. The van der Waals surface area contributed by atoms with E-state index >= 15 is 0 Å². The average molecular weight is 552 g/mol. The summed E-state index contributed by atoms with van der Waals surface area (Å²) in [5.41, 5.74) is 4.11. The van der Waals surface area contributed by atoms with E-state index in [1.807, 2.05) is 48.5 Å². The molecule has 0 radical (unpaired) electrons. The maximum absolute atomic E-state index is 12.0. The Morgan fingerprint density at radius 3 is 2.31 bits per heavy atom. The number of rotatable bonds is 8. The van der Waals surface area contributed by atoms with Gasteiger partial charge in [0.25, 0.3) is 5.24 Å². The summed E-state index contributed by atoms with van der Waals surface area (Å²) in [5.74, 6) is 0.543. The van der Waals surface area contributed by atoms with Crippen LogP contribution in [0.5, 0.6) is 5.75 Å². The van der Waals surface area contributed by atoms with Crippen molar-refractivity contribution >= 4 is 58.5 Å². The molecule has 2 amide bonds. The first-order chi connectivity index (χ1) is 16.3. The molecule has 0 aliphatic carbocycles. The Morgan fingerprint density at radius 1 is 0.971 bits per heavy atom. The zero-order valence-electron chi connectivity index (χ0n) is 19.1. The number of carbonyl (C=O) groups excluding carboxylic acids is 2. The van der Waals surface area contributed by atoms with Gasteiger partial charge in [-0.3, -0.25) is 20.2 Å². The van der Waals surface area contributed by atoms with Crippen LogP contribution in [0, 0.1) is 0 Å². The fraction of sp³-hybridized carbons (Fsp3) is 0.231. The van der Waals surface area contributed by atoms with E-state index < -0.39 is 5.25 Å². The predicted molar refractivity (Wildman–Crippen MR) is 145 cm³/mol.